The third-order valence-corrected chi connectivity index (χ3v) is 5.32. The first-order valence-electron chi connectivity index (χ1n) is 6.51. The van der Waals surface area contributed by atoms with E-state index in [1.807, 2.05) is 0 Å². The Morgan fingerprint density at radius 2 is 2.19 bits per heavy atom. The Bertz CT molecular complexity index is 610. The number of carbonyl (C=O) groups excluding carboxylic acids is 1. The van der Waals surface area contributed by atoms with Crippen LogP contribution in [0.5, 0.6) is 0 Å². The Kier molecular flexibility index (Phi) is 4.64. The minimum absolute atomic E-state index is 0.0667. The van der Waals surface area contributed by atoms with Gasteiger partial charge in [0, 0.05) is 26.1 Å². The summed E-state index contributed by atoms with van der Waals surface area (Å²) in [5, 5.41) is 6.38. The Balaban J connectivity index is 2.01. The molecule has 118 valence electrons. The van der Waals surface area contributed by atoms with Gasteiger partial charge in [-0.3, -0.25) is 4.79 Å². The van der Waals surface area contributed by atoms with E-state index in [-0.39, 0.29) is 30.0 Å². The number of ether oxygens (including phenoxy) is 1. The largest absolute Gasteiger partial charge is 0.379 e. The average molecular weight is 317 g/mol. The molecule has 1 aromatic heterocycles. The van der Waals surface area contributed by atoms with Crippen molar-refractivity contribution in [2.24, 2.45) is 5.92 Å². The summed E-state index contributed by atoms with van der Waals surface area (Å²) in [5.41, 5.74) is 0.175. The number of carbonyl (C=O) groups is 1. The maximum atomic E-state index is 12.0. The highest BCUT2D eigenvalue weighted by Gasteiger charge is 2.34. The molecular weight excluding hydrogens is 298 g/mol. The van der Waals surface area contributed by atoms with E-state index in [2.05, 4.69) is 10.5 Å². The van der Waals surface area contributed by atoms with E-state index in [1.165, 1.54) is 24.5 Å². The molecular formula is C12H19N3O5S. The molecule has 1 aliphatic rings. The van der Waals surface area contributed by atoms with Gasteiger partial charge in [-0.1, -0.05) is 5.16 Å². The van der Waals surface area contributed by atoms with Crippen LogP contribution in [-0.2, 0) is 14.8 Å². The van der Waals surface area contributed by atoms with Gasteiger partial charge in [0.25, 0.3) is 5.91 Å². The smallest absolute Gasteiger partial charge is 0.273 e. The first kappa shape index (κ1) is 15.9. The molecule has 21 heavy (non-hydrogen) atoms. The van der Waals surface area contributed by atoms with E-state index < -0.39 is 15.9 Å². The van der Waals surface area contributed by atoms with Gasteiger partial charge in [-0.25, -0.2) is 12.7 Å². The molecule has 0 unspecified atom stereocenters. The molecule has 2 rings (SSSR count). The van der Waals surface area contributed by atoms with Crippen molar-refractivity contribution in [3.05, 3.63) is 17.5 Å². The monoisotopic (exact) mass is 317 g/mol. The van der Waals surface area contributed by atoms with Crippen molar-refractivity contribution in [3.63, 3.8) is 0 Å². The van der Waals surface area contributed by atoms with Crippen molar-refractivity contribution >= 4 is 15.9 Å². The number of hydrogen-bond acceptors (Lipinski definition) is 6. The van der Waals surface area contributed by atoms with Crippen molar-refractivity contribution in [2.45, 2.75) is 13.0 Å². The maximum Gasteiger partial charge on any atom is 0.273 e. The molecule has 0 aliphatic carbocycles. The maximum absolute atomic E-state index is 12.0. The Morgan fingerprint density at radius 3 is 2.76 bits per heavy atom. The molecule has 1 aliphatic heterocycles. The highest BCUT2D eigenvalue weighted by molar-refractivity contribution is 7.89. The molecule has 1 amide bonds. The lowest BCUT2D eigenvalue weighted by Gasteiger charge is -2.20. The molecule has 2 heterocycles. The zero-order chi connectivity index (χ0) is 15.6. The first-order chi connectivity index (χ1) is 9.79. The number of hydrogen-bond donors (Lipinski definition) is 1. The van der Waals surface area contributed by atoms with Gasteiger partial charge in [-0.15, -0.1) is 0 Å². The standard InChI is InChI=1S/C12H19N3O5S/c1-8-4-10(14-20-8)12(16)13-11-6-19-5-9(11)7-21(17,18)15(2)3/h4,9,11H,5-7H2,1-3H3,(H,13,16)/t9-,11+/m0/s1. The SMILES string of the molecule is Cc1cc(C(=O)N[C@@H]2COC[C@H]2CS(=O)(=O)N(C)C)no1. The molecule has 8 nitrogen and oxygen atoms in total. The van der Waals surface area contributed by atoms with Crippen molar-refractivity contribution < 1.29 is 22.5 Å². The van der Waals surface area contributed by atoms with Gasteiger partial charge in [0.05, 0.1) is 25.0 Å². The molecule has 1 saturated heterocycles. The summed E-state index contributed by atoms with van der Waals surface area (Å²) < 4.78 is 35.2. The quantitative estimate of drug-likeness (QED) is 0.794. The van der Waals surface area contributed by atoms with E-state index in [4.69, 9.17) is 9.26 Å². The van der Waals surface area contributed by atoms with Crippen LogP contribution in [0.15, 0.2) is 10.6 Å². The molecule has 1 N–H and O–H groups in total. The topological polar surface area (TPSA) is 102 Å². The van der Waals surface area contributed by atoms with Gasteiger partial charge in [-0.05, 0) is 6.92 Å². The first-order valence-corrected chi connectivity index (χ1v) is 8.12. The van der Waals surface area contributed by atoms with E-state index in [0.29, 0.717) is 12.4 Å². The van der Waals surface area contributed by atoms with Crippen molar-refractivity contribution in [1.82, 2.24) is 14.8 Å². The lowest BCUT2D eigenvalue weighted by atomic mass is 10.1. The molecule has 1 aromatic rings. The van der Waals surface area contributed by atoms with Gasteiger partial charge >= 0.3 is 0 Å². The van der Waals surface area contributed by atoms with E-state index >= 15 is 0 Å². The minimum Gasteiger partial charge on any atom is -0.379 e. The fraction of sp³-hybridized carbons (Fsp3) is 0.667. The summed E-state index contributed by atoms with van der Waals surface area (Å²) in [6.07, 6.45) is 0. The highest BCUT2D eigenvalue weighted by atomic mass is 32.2. The van der Waals surface area contributed by atoms with Crippen LogP contribution in [0, 0.1) is 12.8 Å². The number of sulfonamides is 1. The molecule has 2 atom stereocenters. The third-order valence-electron chi connectivity index (χ3n) is 3.36. The summed E-state index contributed by atoms with van der Waals surface area (Å²) in [7, 11) is -0.377. The van der Waals surface area contributed by atoms with Crippen LogP contribution in [0.2, 0.25) is 0 Å². The average Bonchev–Trinajstić information content (AvgIpc) is 2.99. The van der Waals surface area contributed by atoms with Gasteiger partial charge in [-0.2, -0.15) is 0 Å². The van der Waals surface area contributed by atoms with Crippen molar-refractivity contribution in [2.75, 3.05) is 33.1 Å². The van der Waals surface area contributed by atoms with Gasteiger partial charge < -0.3 is 14.6 Å². The fourth-order valence-corrected chi connectivity index (χ4v) is 3.23. The number of nitrogens with one attached hydrogen (secondary N) is 1. The molecule has 0 radical (unpaired) electrons. The van der Waals surface area contributed by atoms with Crippen LogP contribution in [-0.4, -0.2) is 62.9 Å². The van der Waals surface area contributed by atoms with Crippen LogP contribution < -0.4 is 5.32 Å². The Hall–Kier alpha value is -1.45. The van der Waals surface area contributed by atoms with Crippen molar-refractivity contribution in [1.29, 1.82) is 0 Å². The second-order valence-corrected chi connectivity index (χ2v) is 7.49. The molecule has 0 aromatic carbocycles. The number of aryl methyl sites for hydroxylation is 1. The third kappa shape index (κ3) is 3.80. The second-order valence-electron chi connectivity index (χ2n) is 5.26. The molecule has 9 heteroatoms. The van der Waals surface area contributed by atoms with E-state index in [9.17, 15) is 13.2 Å². The van der Waals surface area contributed by atoms with Crippen LogP contribution in [0.25, 0.3) is 0 Å². The molecule has 0 spiro atoms. The van der Waals surface area contributed by atoms with Crippen LogP contribution in [0.4, 0.5) is 0 Å². The minimum atomic E-state index is -3.34. The molecule has 0 saturated carbocycles. The Labute approximate surface area is 123 Å². The summed E-state index contributed by atoms with van der Waals surface area (Å²) >= 11 is 0. The number of nitrogens with zero attached hydrogens (tertiary/aromatic N) is 2. The van der Waals surface area contributed by atoms with Gasteiger partial charge in [0.2, 0.25) is 10.0 Å². The number of amides is 1. The van der Waals surface area contributed by atoms with E-state index in [1.54, 1.807) is 6.92 Å². The molecule has 1 fully saturated rings. The highest BCUT2D eigenvalue weighted by Crippen LogP contribution is 2.17. The second kappa shape index (κ2) is 6.12. The lowest BCUT2D eigenvalue weighted by Crippen LogP contribution is -2.43. The number of rotatable bonds is 5. The summed E-state index contributed by atoms with van der Waals surface area (Å²) in [5.74, 6) is -0.207. The fourth-order valence-electron chi connectivity index (χ4n) is 2.06. The summed E-state index contributed by atoms with van der Waals surface area (Å²) in [6, 6.07) is 1.17. The normalized spacial score (nSPS) is 22.7. The van der Waals surface area contributed by atoms with Crippen LogP contribution in [0.1, 0.15) is 16.2 Å². The van der Waals surface area contributed by atoms with Gasteiger partial charge in [0.15, 0.2) is 5.69 Å². The molecule has 0 bridgehead atoms. The number of aromatic nitrogens is 1. The zero-order valence-corrected chi connectivity index (χ0v) is 13.0. The van der Waals surface area contributed by atoms with Crippen LogP contribution in [0.3, 0.4) is 0 Å². The Morgan fingerprint density at radius 1 is 1.48 bits per heavy atom. The lowest BCUT2D eigenvalue weighted by molar-refractivity contribution is 0.0917. The van der Waals surface area contributed by atoms with Crippen molar-refractivity contribution in [3.8, 4) is 0 Å². The van der Waals surface area contributed by atoms with E-state index in [0.717, 1.165) is 0 Å². The van der Waals surface area contributed by atoms with Crippen LogP contribution >= 0.6 is 0 Å². The predicted molar refractivity (Wildman–Crippen MR) is 74.3 cm³/mol. The zero-order valence-electron chi connectivity index (χ0n) is 12.2. The van der Waals surface area contributed by atoms with Gasteiger partial charge in [0.1, 0.15) is 5.76 Å². The predicted octanol–water partition coefficient (Wildman–Crippen LogP) is -0.381. The summed E-state index contributed by atoms with van der Waals surface area (Å²) in [6.45, 7) is 2.28. The summed E-state index contributed by atoms with van der Waals surface area (Å²) in [4.78, 5) is 12.0.